The molecule has 4 amide bonds. The molecule has 9 heteroatoms. The molecule has 0 radical (unpaired) electrons. The number of carbonyl (C=O) groups is 4. The Morgan fingerprint density at radius 1 is 1.25 bits per heavy atom. The molecule has 1 aliphatic heterocycles. The molecule has 1 aromatic rings. The van der Waals surface area contributed by atoms with Gasteiger partial charge in [-0.05, 0) is 17.7 Å². The molecule has 24 heavy (non-hydrogen) atoms. The fraction of sp³-hybridized carbons (Fsp3) is 0.333. The van der Waals surface area contributed by atoms with Gasteiger partial charge in [-0.3, -0.25) is 19.3 Å². The van der Waals surface area contributed by atoms with Crippen molar-refractivity contribution in [1.82, 2.24) is 15.1 Å². The van der Waals surface area contributed by atoms with Gasteiger partial charge in [0.15, 0.2) is 6.61 Å². The Morgan fingerprint density at radius 3 is 2.50 bits per heavy atom. The second-order valence-electron chi connectivity index (χ2n) is 5.18. The van der Waals surface area contributed by atoms with E-state index in [2.05, 4.69) is 5.32 Å². The molecule has 1 N–H and O–H groups in total. The van der Waals surface area contributed by atoms with Crippen molar-refractivity contribution in [2.75, 3.05) is 26.7 Å². The van der Waals surface area contributed by atoms with Gasteiger partial charge in [-0.2, -0.15) is 0 Å². The highest BCUT2D eigenvalue weighted by molar-refractivity contribution is 6.04. The predicted octanol–water partition coefficient (Wildman–Crippen LogP) is -0.121. The number of urea groups is 1. The van der Waals surface area contributed by atoms with Gasteiger partial charge in [0.05, 0.1) is 0 Å². The number of benzene rings is 1. The molecule has 0 spiro atoms. The highest BCUT2D eigenvalue weighted by Crippen LogP contribution is 2.07. The summed E-state index contributed by atoms with van der Waals surface area (Å²) in [6.07, 6.45) is 0. The second-order valence-corrected chi connectivity index (χ2v) is 5.18. The Balaban J connectivity index is 1.71. The first-order valence-electron chi connectivity index (χ1n) is 7.09. The van der Waals surface area contributed by atoms with Crippen LogP contribution in [-0.4, -0.2) is 60.4 Å². The lowest BCUT2D eigenvalue weighted by Crippen LogP contribution is -2.38. The fourth-order valence-electron chi connectivity index (χ4n) is 2.00. The molecule has 0 saturated carbocycles. The van der Waals surface area contributed by atoms with E-state index in [1.807, 2.05) is 0 Å². The highest BCUT2D eigenvalue weighted by Gasteiger charge is 2.35. The third-order valence-corrected chi connectivity index (χ3v) is 3.29. The first-order valence-corrected chi connectivity index (χ1v) is 7.09. The number of rotatable bonds is 6. The molecule has 0 unspecified atom stereocenters. The minimum Gasteiger partial charge on any atom is -0.454 e. The number of halogens is 1. The monoisotopic (exact) mass is 337 g/mol. The average molecular weight is 337 g/mol. The van der Waals surface area contributed by atoms with Crippen molar-refractivity contribution in [3.05, 3.63) is 35.6 Å². The van der Waals surface area contributed by atoms with Gasteiger partial charge in [0, 0.05) is 13.6 Å². The average Bonchev–Trinajstić information content (AvgIpc) is 2.78. The summed E-state index contributed by atoms with van der Waals surface area (Å²) >= 11 is 0. The number of hydrogen-bond acceptors (Lipinski definition) is 5. The van der Waals surface area contributed by atoms with Crippen LogP contribution < -0.4 is 5.32 Å². The molecule has 1 heterocycles. The van der Waals surface area contributed by atoms with Crippen molar-refractivity contribution in [3.63, 3.8) is 0 Å². The van der Waals surface area contributed by atoms with Gasteiger partial charge in [0.2, 0.25) is 0 Å². The zero-order valence-corrected chi connectivity index (χ0v) is 13.0. The van der Waals surface area contributed by atoms with Gasteiger partial charge in [-0.15, -0.1) is 0 Å². The molecule has 1 aliphatic rings. The summed E-state index contributed by atoms with van der Waals surface area (Å²) < 4.78 is 17.5. The Hall–Kier alpha value is -2.97. The fourth-order valence-corrected chi connectivity index (χ4v) is 2.00. The van der Waals surface area contributed by atoms with Crippen LogP contribution in [0.3, 0.4) is 0 Å². The standard InChI is InChI=1S/C15H16FN3O5/c1-18-7-13(21)19(15(18)23)8-14(22)24-9-12(20)17-6-10-2-4-11(16)5-3-10/h2-5H,6-9H2,1H3,(H,17,20). The molecule has 1 aromatic carbocycles. The van der Waals surface area contributed by atoms with Crippen LogP contribution in [0, 0.1) is 5.82 Å². The zero-order valence-electron chi connectivity index (χ0n) is 13.0. The number of imide groups is 1. The molecule has 1 saturated heterocycles. The van der Waals surface area contributed by atoms with Crippen molar-refractivity contribution in [2.45, 2.75) is 6.54 Å². The van der Waals surface area contributed by atoms with E-state index in [9.17, 15) is 23.6 Å². The number of hydrogen-bond donors (Lipinski definition) is 1. The number of nitrogens with zero attached hydrogens (tertiary/aromatic N) is 2. The largest absolute Gasteiger partial charge is 0.454 e. The molecule has 2 rings (SSSR count). The van der Waals surface area contributed by atoms with Crippen molar-refractivity contribution < 1.29 is 28.3 Å². The number of carbonyl (C=O) groups excluding carboxylic acids is 4. The Kier molecular flexibility index (Phi) is 5.46. The lowest BCUT2D eigenvalue weighted by Gasteiger charge is -2.13. The summed E-state index contributed by atoms with van der Waals surface area (Å²) in [5.74, 6) is -2.29. The van der Waals surface area contributed by atoms with E-state index >= 15 is 0 Å². The van der Waals surface area contributed by atoms with E-state index in [0.29, 0.717) is 5.56 Å². The molecule has 8 nitrogen and oxygen atoms in total. The van der Waals surface area contributed by atoms with Crippen LogP contribution in [0.2, 0.25) is 0 Å². The first-order chi connectivity index (χ1) is 11.4. The highest BCUT2D eigenvalue weighted by atomic mass is 19.1. The van der Waals surface area contributed by atoms with Crippen molar-refractivity contribution in [3.8, 4) is 0 Å². The molecular formula is C15H16FN3O5. The maximum Gasteiger partial charge on any atom is 0.327 e. The quantitative estimate of drug-likeness (QED) is 0.577. The minimum atomic E-state index is -0.857. The molecule has 0 bridgehead atoms. The molecule has 1 fully saturated rings. The van der Waals surface area contributed by atoms with Crippen LogP contribution in [0.25, 0.3) is 0 Å². The number of nitrogens with one attached hydrogen (secondary N) is 1. The Bertz CT molecular complexity index is 662. The van der Waals surface area contributed by atoms with Gasteiger partial charge in [-0.25, -0.2) is 9.18 Å². The summed E-state index contributed by atoms with van der Waals surface area (Å²) in [4.78, 5) is 48.2. The lowest BCUT2D eigenvalue weighted by molar-refractivity contribution is -0.150. The maximum absolute atomic E-state index is 12.7. The molecule has 0 aromatic heterocycles. The summed E-state index contributed by atoms with van der Waals surface area (Å²) in [6, 6.07) is 4.98. The smallest absolute Gasteiger partial charge is 0.327 e. The van der Waals surface area contributed by atoms with Gasteiger partial charge in [0.1, 0.15) is 18.9 Å². The second kappa shape index (κ2) is 7.53. The normalized spacial score (nSPS) is 14.1. The van der Waals surface area contributed by atoms with Crippen molar-refractivity contribution >= 4 is 23.8 Å². The van der Waals surface area contributed by atoms with Crippen LogP contribution in [0.15, 0.2) is 24.3 Å². The molecular weight excluding hydrogens is 321 g/mol. The number of likely N-dealkylation sites (N-methyl/N-ethyl adjacent to an activating group) is 1. The topological polar surface area (TPSA) is 96.0 Å². The van der Waals surface area contributed by atoms with Crippen LogP contribution in [0.1, 0.15) is 5.56 Å². The van der Waals surface area contributed by atoms with E-state index in [4.69, 9.17) is 4.74 Å². The summed E-state index contributed by atoms with van der Waals surface area (Å²) in [6.45, 7) is -1.01. The lowest BCUT2D eigenvalue weighted by atomic mass is 10.2. The summed E-state index contributed by atoms with van der Waals surface area (Å²) in [7, 11) is 1.44. The Labute approximate surface area is 137 Å². The Morgan fingerprint density at radius 2 is 1.92 bits per heavy atom. The number of esters is 1. The van der Waals surface area contributed by atoms with Crippen LogP contribution in [0.4, 0.5) is 9.18 Å². The molecule has 0 atom stereocenters. The van der Waals surface area contributed by atoms with E-state index in [1.54, 1.807) is 0 Å². The third-order valence-electron chi connectivity index (χ3n) is 3.29. The summed E-state index contributed by atoms with van der Waals surface area (Å²) in [5.41, 5.74) is 0.687. The van der Waals surface area contributed by atoms with E-state index in [1.165, 1.54) is 36.2 Å². The SMILES string of the molecule is CN1CC(=O)N(CC(=O)OCC(=O)NCc2ccc(F)cc2)C1=O. The minimum absolute atomic E-state index is 0.0930. The predicted molar refractivity (Wildman–Crippen MR) is 78.9 cm³/mol. The third kappa shape index (κ3) is 4.51. The molecule has 128 valence electrons. The van der Waals surface area contributed by atoms with Crippen LogP contribution in [-0.2, 0) is 25.7 Å². The van der Waals surface area contributed by atoms with E-state index in [-0.39, 0.29) is 18.9 Å². The number of amides is 4. The van der Waals surface area contributed by atoms with Crippen molar-refractivity contribution in [1.29, 1.82) is 0 Å². The van der Waals surface area contributed by atoms with E-state index in [0.717, 1.165) is 4.90 Å². The first kappa shape index (κ1) is 17.4. The van der Waals surface area contributed by atoms with Gasteiger partial charge < -0.3 is 15.0 Å². The zero-order chi connectivity index (χ0) is 17.7. The van der Waals surface area contributed by atoms with Gasteiger partial charge >= 0.3 is 12.0 Å². The maximum atomic E-state index is 12.7. The number of ether oxygens (including phenoxy) is 1. The van der Waals surface area contributed by atoms with Crippen LogP contribution >= 0.6 is 0 Å². The van der Waals surface area contributed by atoms with Crippen molar-refractivity contribution in [2.24, 2.45) is 0 Å². The summed E-state index contributed by atoms with van der Waals surface area (Å²) in [5, 5.41) is 2.50. The van der Waals surface area contributed by atoms with Gasteiger partial charge in [0.25, 0.3) is 11.8 Å². The van der Waals surface area contributed by atoms with Crippen LogP contribution in [0.5, 0.6) is 0 Å². The van der Waals surface area contributed by atoms with E-state index < -0.39 is 37.0 Å². The molecule has 0 aliphatic carbocycles. The van der Waals surface area contributed by atoms with Gasteiger partial charge in [-0.1, -0.05) is 12.1 Å².